The first-order valence-corrected chi connectivity index (χ1v) is 7.53. The van der Waals surface area contributed by atoms with Crippen molar-refractivity contribution < 1.29 is 14.6 Å². The molecule has 2 aromatic carbocycles. The fourth-order valence-corrected chi connectivity index (χ4v) is 2.52. The van der Waals surface area contributed by atoms with Crippen molar-refractivity contribution in [3.63, 3.8) is 0 Å². The molecule has 112 valence electrons. The van der Waals surface area contributed by atoms with E-state index in [2.05, 4.69) is 15.9 Å². The zero-order valence-electron chi connectivity index (χ0n) is 12.6. The molecule has 0 bridgehead atoms. The summed E-state index contributed by atoms with van der Waals surface area (Å²) in [6.07, 6.45) is -0.672. The highest BCUT2D eigenvalue weighted by molar-refractivity contribution is 9.10. The Kier molecular flexibility index (Phi) is 4.91. The van der Waals surface area contributed by atoms with E-state index in [1.807, 2.05) is 44.2 Å². The van der Waals surface area contributed by atoms with E-state index in [1.165, 1.54) is 0 Å². The van der Waals surface area contributed by atoms with Crippen LogP contribution in [0.2, 0.25) is 0 Å². The Balaban J connectivity index is 2.44. The number of aliphatic hydroxyl groups is 1. The summed E-state index contributed by atoms with van der Waals surface area (Å²) in [5.74, 6) is 1.96. The molecule has 0 saturated carbocycles. The number of ether oxygens (including phenoxy) is 2. The van der Waals surface area contributed by atoms with E-state index in [9.17, 15) is 5.11 Å². The summed E-state index contributed by atoms with van der Waals surface area (Å²) in [5, 5.41) is 9.98. The van der Waals surface area contributed by atoms with Gasteiger partial charge in [0, 0.05) is 4.47 Å². The van der Waals surface area contributed by atoms with Crippen molar-refractivity contribution in [1.29, 1.82) is 0 Å². The molecule has 0 heterocycles. The van der Waals surface area contributed by atoms with Crippen LogP contribution in [0.3, 0.4) is 0 Å². The van der Waals surface area contributed by atoms with E-state index >= 15 is 0 Å². The molecule has 3 nitrogen and oxygen atoms in total. The fourth-order valence-electron chi connectivity index (χ4n) is 2.29. The SMILES string of the molecule is COc1cccc(Oc2cc(C)c(Br)c(C)c2)c1[C@H](C)O. The number of benzene rings is 2. The van der Waals surface area contributed by atoms with E-state index in [4.69, 9.17) is 9.47 Å². The van der Waals surface area contributed by atoms with Gasteiger partial charge in [0.05, 0.1) is 18.8 Å². The zero-order valence-corrected chi connectivity index (χ0v) is 14.2. The molecule has 21 heavy (non-hydrogen) atoms. The normalized spacial score (nSPS) is 12.1. The molecule has 0 fully saturated rings. The third-order valence-corrected chi connectivity index (χ3v) is 4.55. The number of methoxy groups -OCH3 is 1. The maximum Gasteiger partial charge on any atom is 0.136 e. The third kappa shape index (κ3) is 3.39. The van der Waals surface area contributed by atoms with Crippen LogP contribution in [0, 0.1) is 13.8 Å². The van der Waals surface area contributed by atoms with Crippen LogP contribution in [-0.4, -0.2) is 12.2 Å². The minimum absolute atomic E-state index is 0.602. The van der Waals surface area contributed by atoms with Gasteiger partial charge in [-0.05, 0) is 56.2 Å². The fraction of sp³-hybridized carbons (Fsp3) is 0.294. The lowest BCUT2D eigenvalue weighted by atomic mass is 10.1. The molecule has 0 aliphatic carbocycles. The average molecular weight is 351 g/mol. The van der Waals surface area contributed by atoms with Gasteiger partial charge in [-0.15, -0.1) is 0 Å². The van der Waals surface area contributed by atoms with Crippen LogP contribution >= 0.6 is 15.9 Å². The number of halogens is 1. The Hall–Kier alpha value is -1.52. The van der Waals surface area contributed by atoms with Crippen molar-refractivity contribution in [3.05, 3.63) is 51.5 Å². The van der Waals surface area contributed by atoms with Gasteiger partial charge < -0.3 is 14.6 Å². The predicted molar refractivity (Wildman–Crippen MR) is 87.3 cm³/mol. The van der Waals surface area contributed by atoms with Crippen LogP contribution in [0.5, 0.6) is 17.2 Å². The van der Waals surface area contributed by atoms with Gasteiger partial charge in [0.15, 0.2) is 0 Å². The number of hydrogen-bond donors (Lipinski definition) is 1. The molecular formula is C17H19BrO3. The maximum atomic E-state index is 9.98. The van der Waals surface area contributed by atoms with Gasteiger partial charge in [-0.1, -0.05) is 22.0 Å². The first kappa shape index (κ1) is 15.9. The summed E-state index contributed by atoms with van der Waals surface area (Å²) in [6, 6.07) is 9.41. The smallest absolute Gasteiger partial charge is 0.136 e. The molecule has 0 saturated heterocycles. The number of hydrogen-bond acceptors (Lipinski definition) is 3. The number of rotatable bonds is 4. The van der Waals surface area contributed by atoms with Gasteiger partial charge in [0.1, 0.15) is 17.2 Å². The Morgan fingerprint density at radius 1 is 1.10 bits per heavy atom. The van der Waals surface area contributed by atoms with Crippen LogP contribution in [0.4, 0.5) is 0 Å². The van der Waals surface area contributed by atoms with Crippen LogP contribution < -0.4 is 9.47 Å². The van der Waals surface area contributed by atoms with Crippen molar-refractivity contribution in [1.82, 2.24) is 0 Å². The predicted octanol–water partition coefficient (Wildman–Crippen LogP) is 4.92. The van der Waals surface area contributed by atoms with E-state index < -0.39 is 6.10 Å². The lowest BCUT2D eigenvalue weighted by molar-refractivity contribution is 0.190. The van der Waals surface area contributed by atoms with Crippen molar-refractivity contribution in [2.75, 3.05) is 7.11 Å². The molecule has 4 heteroatoms. The quantitative estimate of drug-likeness (QED) is 0.850. The molecule has 0 spiro atoms. The van der Waals surface area contributed by atoms with Crippen molar-refractivity contribution in [3.8, 4) is 17.2 Å². The maximum absolute atomic E-state index is 9.98. The lowest BCUT2D eigenvalue weighted by Crippen LogP contribution is -2.00. The average Bonchev–Trinajstić information content (AvgIpc) is 2.44. The molecule has 0 unspecified atom stereocenters. The molecule has 0 aliphatic rings. The molecular weight excluding hydrogens is 332 g/mol. The monoisotopic (exact) mass is 350 g/mol. The van der Waals surface area contributed by atoms with Gasteiger partial charge in [-0.25, -0.2) is 0 Å². The summed E-state index contributed by atoms with van der Waals surface area (Å²) in [6.45, 7) is 5.74. The van der Waals surface area contributed by atoms with Gasteiger partial charge in [-0.2, -0.15) is 0 Å². The van der Waals surface area contributed by atoms with E-state index in [0.717, 1.165) is 21.3 Å². The van der Waals surface area contributed by atoms with Gasteiger partial charge in [-0.3, -0.25) is 0 Å². The first-order valence-electron chi connectivity index (χ1n) is 6.73. The van der Waals surface area contributed by atoms with Crippen LogP contribution in [0.1, 0.15) is 29.7 Å². The second-order valence-corrected chi connectivity index (χ2v) is 5.81. The lowest BCUT2D eigenvalue weighted by Gasteiger charge is -2.17. The molecule has 2 rings (SSSR count). The highest BCUT2D eigenvalue weighted by Crippen LogP contribution is 2.37. The van der Waals surface area contributed by atoms with E-state index in [0.29, 0.717) is 17.1 Å². The summed E-state index contributed by atoms with van der Waals surface area (Å²) < 4.78 is 12.4. The van der Waals surface area contributed by atoms with Crippen molar-refractivity contribution in [2.45, 2.75) is 26.9 Å². The highest BCUT2D eigenvalue weighted by Gasteiger charge is 2.16. The topological polar surface area (TPSA) is 38.7 Å². The van der Waals surface area contributed by atoms with Gasteiger partial charge in [0.2, 0.25) is 0 Å². The van der Waals surface area contributed by atoms with Crippen molar-refractivity contribution >= 4 is 15.9 Å². The highest BCUT2D eigenvalue weighted by atomic mass is 79.9. The Labute approximate surface area is 133 Å². The number of aliphatic hydroxyl groups excluding tert-OH is 1. The Morgan fingerprint density at radius 3 is 2.19 bits per heavy atom. The van der Waals surface area contributed by atoms with Crippen LogP contribution in [0.25, 0.3) is 0 Å². The molecule has 0 amide bonds. The van der Waals surface area contributed by atoms with E-state index in [-0.39, 0.29) is 0 Å². The van der Waals surface area contributed by atoms with Gasteiger partial charge in [0.25, 0.3) is 0 Å². The summed E-state index contributed by atoms with van der Waals surface area (Å²) in [7, 11) is 1.58. The van der Waals surface area contributed by atoms with Crippen molar-refractivity contribution in [2.24, 2.45) is 0 Å². The largest absolute Gasteiger partial charge is 0.496 e. The minimum atomic E-state index is -0.672. The molecule has 1 N–H and O–H groups in total. The summed E-state index contributed by atoms with van der Waals surface area (Å²) in [4.78, 5) is 0. The molecule has 0 aromatic heterocycles. The minimum Gasteiger partial charge on any atom is -0.496 e. The van der Waals surface area contributed by atoms with Crippen LogP contribution in [0.15, 0.2) is 34.8 Å². The molecule has 0 radical (unpaired) electrons. The summed E-state index contributed by atoms with van der Waals surface area (Å²) in [5.41, 5.74) is 2.86. The standard InChI is InChI=1S/C17H19BrO3/c1-10-8-13(9-11(2)17(10)18)21-15-7-5-6-14(20-4)16(15)12(3)19/h5-9,12,19H,1-4H3/t12-/m0/s1. The molecule has 2 aromatic rings. The van der Waals surface area contributed by atoms with E-state index in [1.54, 1.807) is 14.0 Å². The molecule has 1 atom stereocenters. The van der Waals surface area contributed by atoms with Crippen LogP contribution in [-0.2, 0) is 0 Å². The second-order valence-electron chi connectivity index (χ2n) is 5.02. The Bertz CT molecular complexity index is 627. The van der Waals surface area contributed by atoms with Gasteiger partial charge >= 0.3 is 0 Å². The Morgan fingerprint density at radius 2 is 1.67 bits per heavy atom. The number of aryl methyl sites for hydroxylation is 2. The second kappa shape index (κ2) is 6.50. The zero-order chi connectivity index (χ0) is 15.6. The first-order chi connectivity index (χ1) is 9.93. The molecule has 0 aliphatic heterocycles. The third-order valence-electron chi connectivity index (χ3n) is 3.30. The summed E-state index contributed by atoms with van der Waals surface area (Å²) >= 11 is 3.54.